The molecule has 2 rings (SSSR count). The van der Waals surface area contributed by atoms with Crippen molar-refractivity contribution >= 4 is 17.0 Å². The number of imidazole rings is 1. The van der Waals surface area contributed by atoms with Gasteiger partial charge in [-0.3, -0.25) is 0 Å². The molecule has 4 heteroatoms. The molecule has 98 valence electrons. The minimum Gasteiger partial charge on any atom is -0.369 e. The van der Waals surface area contributed by atoms with E-state index in [9.17, 15) is 4.39 Å². The molecule has 0 fully saturated rings. The predicted octanol–water partition coefficient (Wildman–Crippen LogP) is 3.44. The highest BCUT2D eigenvalue weighted by Crippen LogP contribution is 2.31. The molecule has 0 atom stereocenters. The number of hydrogen-bond acceptors (Lipinski definition) is 2. The van der Waals surface area contributed by atoms with Crippen molar-refractivity contribution in [3.8, 4) is 0 Å². The van der Waals surface area contributed by atoms with Gasteiger partial charge in [0.2, 0.25) is 5.95 Å². The Bertz CT molecular complexity index is 570. The third-order valence-electron chi connectivity index (χ3n) is 3.89. The Morgan fingerprint density at radius 2 is 2.06 bits per heavy atom. The van der Waals surface area contributed by atoms with Crippen LogP contribution in [0, 0.1) is 17.2 Å². The summed E-state index contributed by atoms with van der Waals surface area (Å²) < 4.78 is 15.5. The molecule has 0 saturated carbocycles. The molecule has 0 unspecified atom stereocenters. The van der Waals surface area contributed by atoms with E-state index in [1.54, 1.807) is 6.07 Å². The Balaban J connectivity index is 2.52. The van der Waals surface area contributed by atoms with Crippen molar-refractivity contribution in [3.63, 3.8) is 0 Å². The Morgan fingerprint density at radius 3 is 2.67 bits per heavy atom. The zero-order valence-electron chi connectivity index (χ0n) is 11.4. The summed E-state index contributed by atoms with van der Waals surface area (Å²) in [4.78, 5) is 4.12. The number of fused-ring (bicyclic) bond motifs is 1. The summed E-state index contributed by atoms with van der Waals surface area (Å²) in [6.07, 6.45) is 0. The van der Waals surface area contributed by atoms with Crippen LogP contribution in [0.2, 0.25) is 0 Å². The number of hydrogen-bond donors (Lipinski definition) is 1. The molecule has 2 aromatic rings. The summed E-state index contributed by atoms with van der Waals surface area (Å²) in [5.74, 6) is 0.562. The first-order valence-electron chi connectivity index (χ1n) is 6.23. The zero-order chi connectivity index (χ0) is 13.5. The second-order valence-corrected chi connectivity index (χ2v) is 5.81. The summed E-state index contributed by atoms with van der Waals surface area (Å²) in [5.41, 5.74) is 7.11. The first-order valence-corrected chi connectivity index (χ1v) is 6.23. The minimum absolute atomic E-state index is 0.0774. The molecular formula is C14H20FN3. The number of nitrogens with two attached hydrogens (primary N) is 1. The Kier molecular flexibility index (Phi) is 3.05. The molecule has 1 heterocycles. The smallest absolute Gasteiger partial charge is 0.201 e. The van der Waals surface area contributed by atoms with Crippen LogP contribution < -0.4 is 5.73 Å². The van der Waals surface area contributed by atoms with Crippen LogP contribution in [0.3, 0.4) is 0 Å². The van der Waals surface area contributed by atoms with E-state index in [0.29, 0.717) is 17.4 Å². The van der Waals surface area contributed by atoms with Crippen molar-refractivity contribution < 1.29 is 4.39 Å². The van der Waals surface area contributed by atoms with Gasteiger partial charge in [0.1, 0.15) is 5.52 Å². The quantitative estimate of drug-likeness (QED) is 0.905. The highest BCUT2D eigenvalue weighted by molar-refractivity contribution is 5.78. The lowest BCUT2D eigenvalue weighted by molar-refractivity contribution is 0.214. The third kappa shape index (κ3) is 2.07. The number of nitrogen functional groups attached to an aromatic ring is 1. The molecule has 0 radical (unpaired) electrons. The molecule has 0 aliphatic rings. The lowest BCUT2D eigenvalue weighted by Gasteiger charge is -2.30. The molecule has 0 saturated heterocycles. The highest BCUT2D eigenvalue weighted by Gasteiger charge is 2.25. The summed E-state index contributed by atoms with van der Waals surface area (Å²) >= 11 is 0. The fourth-order valence-corrected chi connectivity index (χ4v) is 1.89. The van der Waals surface area contributed by atoms with Crippen molar-refractivity contribution in [2.75, 3.05) is 5.73 Å². The molecule has 0 spiro atoms. The molecule has 0 amide bonds. The summed E-state index contributed by atoms with van der Waals surface area (Å²) in [7, 11) is 0. The van der Waals surface area contributed by atoms with Crippen LogP contribution in [0.5, 0.6) is 0 Å². The molecule has 1 aromatic carbocycles. The fraction of sp³-hybridized carbons (Fsp3) is 0.500. The molecule has 3 nitrogen and oxygen atoms in total. The van der Waals surface area contributed by atoms with Crippen LogP contribution in [-0.2, 0) is 6.54 Å². The van der Waals surface area contributed by atoms with E-state index in [-0.39, 0.29) is 11.2 Å². The Labute approximate surface area is 107 Å². The van der Waals surface area contributed by atoms with Crippen LogP contribution in [0.4, 0.5) is 10.3 Å². The second kappa shape index (κ2) is 4.26. The number of benzene rings is 1. The maximum Gasteiger partial charge on any atom is 0.201 e. The van der Waals surface area contributed by atoms with Crippen molar-refractivity contribution in [1.82, 2.24) is 9.55 Å². The molecule has 2 N–H and O–H groups in total. The summed E-state index contributed by atoms with van der Waals surface area (Å²) in [6, 6.07) is 4.96. The van der Waals surface area contributed by atoms with Crippen LogP contribution in [-0.4, -0.2) is 9.55 Å². The standard InChI is InChI=1S/C14H20FN3/c1-9(2)14(3,4)8-18-11-7-5-6-10(15)12(11)17-13(18)16/h5-7,9H,8H2,1-4H3,(H2,16,17). The van der Waals surface area contributed by atoms with Gasteiger partial charge in [0.05, 0.1) is 5.52 Å². The van der Waals surface area contributed by atoms with E-state index in [4.69, 9.17) is 5.73 Å². The van der Waals surface area contributed by atoms with Crippen LogP contribution in [0.15, 0.2) is 18.2 Å². The largest absolute Gasteiger partial charge is 0.369 e. The van der Waals surface area contributed by atoms with Gasteiger partial charge >= 0.3 is 0 Å². The average molecular weight is 249 g/mol. The molecule has 1 aromatic heterocycles. The van der Waals surface area contributed by atoms with E-state index in [1.165, 1.54) is 6.07 Å². The van der Waals surface area contributed by atoms with Crippen molar-refractivity contribution in [2.45, 2.75) is 34.2 Å². The number of nitrogens with zero attached hydrogens (tertiary/aromatic N) is 2. The first-order chi connectivity index (χ1) is 8.33. The van der Waals surface area contributed by atoms with E-state index >= 15 is 0 Å². The molecule has 0 aliphatic heterocycles. The van der Waals surface area contributed by atoms with Crippen LogP contribution in [0.1, 0.15) is 27.7 Å². The molecule has 18 heavy (non-hydrogen) atoms. The normalized spacial score (nSPS) is 12.6. The average Bonchev–Trinajstić information content (AvgIpc) is 2.57. The van der Waals surface area contributed by atoms with Gasteiger partial charge in [-0.1, -0.05) is 33.8 Å². The number of halogens is 1. The Hall–Kier alpha value is -1.58. The molecule has 0 bridgehead atoms. The van der Waals surface area contributed by atoms with Gasteiger partial charge in [-0.15, -0.1) is 0 Å². The van der Waals surface area contributed by atoms with E-state index in [1.807, 2.05) is 10.6 Å². The van der Waals surface area contributed by atoms with Crippen LogP contribution in [0.25, 0.3) is 11.0 Å². The van der Waals surface area contributed by atoms with Crippen molar-refractivity contribution in [3.05, 3.63) is 24.0 Å². The van der Waals surface area contributed by atoms with Gasteiger partial charge in [-0.05, 0) is 23.5 Å². The number of aromatic nitrogens is 2. The summed E-state index contributed by atoms with van der Waals surface area (Å²) in [6.45, 7) is 9.45. The highest BCUT2D eigenvalue weighted by atomic mass is 19.1. The monoisotopic (exact) mass is 249 g/mol. The van der Waals surface area contributed by atoms with Crippen molar-refractivity contribution in [1.29, 1.82) is 0 Å². The fourth-order valence-electron chi connectivity index (χ4n) is 1.89. The lowest BCUT2D eigenvalue weighted by atomic mass is 9.81. The molecular weight excluding hydrogens is 229 g/mol. The van der Waals surface area contributed by atoms with Gasteiger partial charge < -0.3 is 10.3 Å². The number of rotatable bonds is 3. The van der Waals surface area contributed by atoms with Crippen LogP contribution >= 0.6 is 0 Å². The van der Waals surface area contributed by atoms with E-state index in [0.717, 1.165) is 12.1 Å². The van der Waals surface area contributed by atoms with Gasteiger partial charge in [-0.25, -0.2) is 9.37 Å². The van der Waals surface area contributed by atoms with Crippen molar-refractivity contribution in [2.24, 2.45) is 11.3 Å². The predicted molar refractivity (Wildman–Crippen MR) is 72.7 cm³/mol. The SMILES string of the molecule is CC(C)C(C)(C)Cn1c(N)nc2c(F)cccc21. The third-order valence-corrected chi connectivity index (χ3v) is 3.89. The van der Waals surface area contributed by atoms with Gasteiger partial charge in [0.25, 0.3) is 0 Å². The van der Waals surface area contributed by atoms with E-state index < -0.39 is 0 Å². The molecule has 0 aliphatic carbocycles. The summed E-state index contributed by atoms with van der Waals surface area (Å²) in [5, 5.41) is 0. The minimum atomic E-state index is -0.319. The topological polar surface area (TPSA) is 43.8 Å². The maximum atomic E-state index is 13.6. The Morgan fingerprint density at radius 1 is 1.39 bits per heavy atom. The van der Waals surface area contributed by atoms with Gasteiger partial charge in [0, 0.05) is 6.54 Å². The van der Waals surface area contributed by atoms with Gasteiger partial charge in [0.15, 0.2) is 5.82 Å². The maximum absolute atomic E-state index is 13.6. The van der Waals surface area contributed by atoms with Gasteiger partial charge in [-0.2, -0.15) is 0 Å². The van der Waals surface area contributed by atoms with E-state index in [2.05, 4.69) is 32.7 Å². The lowest BCUT2D eigenvalue weighted by Crippen LogP contribution is -2.26. The second-order valence-electron chi connectivity index (χ2n) is 5.81. The number of para-hydroxylation sites is 1. The first kappa shape index (κ1) is 12.9. The zero-order valence-corrected chi connectivity index (χ0v) is 11.4. The number of anilines is 1.